The van der Waals surface area contributed by atoms with Crippen LogP contribution in [-0.2, 0) is 17.9 Å². The van der Waals surface area contributed by atoms with E-state index in [1.54, 1.807) is 18.4 Å². The van der Waals surface area contributed by atoms with E-state index in [0.717, 1.165) is 33.7 Å². The zero-order valence-corrected chi connectivity index (χ0v) is 16.3. The van der Waals surface area contributed by atoms with Gasteiger partial charge in [0.25, 0.3) is 0 Å². The molecule has 1 N–H and O–H groups in total. The average molecular weight is 389 g/mol. The summed E-state index contributed by atoms with van der Waals surface area (Å²) in [5.74, 6) is 1.89. The maximum Gasteiger partial charge on any atom is 0.230 e. The van der Waals surface area contributed by atoms with Crippen molar-refractivity contribution in [2.75, 3.05) is 12.9 Å². The molecule has 1 aromatic carbocycles. The lowest BCUT2D eigenvalue weighted by atomic mass is 10.2. The summed E-state index contributed by atoms with van der Waals surface area (Å²) >= 11 is 3.03. The zero-order chi connectivity index (χ0) is 18.4. The highest BCUT2D eigenvalue weighted by Gasteiger charge is 2.14. The fraction of sp³-hybridized carbons (Fsp3) is 0.278. The predicted molar refractivity (Wildman–Crippen MR) is 105 cm³/mol. The molecular formula is C18H20N4O2S2. The lowest BCUT2D eigenvalue weighted by molar-refractivity contribution is -0.118. The molecule has 0 radical (unpaired) electrons. The van der Waals surface area contributed by atoms with Gasteiger partial charge in [-0.25, -0.2) is 0 Å². The van der Waals surface area contributed by atoms with E-state index in [2.05, 4.69) is 15.5 Å². The Morgan fingerprint density at radius 1 is 1.27 bits per heavy atom. The third-order valence-corrected chi connectivity index (χ3v) is 5.60. The van der Waals surface area contributed by atoms with Gasteiger partial charge in [-0.3, -0.25) is 4.79 Å². The summed E-state index contributed by atoms with van der Waals surface area (Å²) in [6, 6.07) is 11.7. The molecule has 0 aliphatic rings. The number of nitrogens with one attached hydrogen (secondary N) is 1. The number of thioether (sulfide) groups is 1. The van der Waals surface area contributed by atoms with Gasteiger partial charge in [0.2, 0.25) is 5.91 Å². The van der Waals surface area contributed by atoms with Crippen LogP contribution in [-0.4, -0.2) is 33.5 Å². The topological polar surface area (TPSA) is 69.0 Å². The van der Waals surface area contributed by atoms with Gasteiger partial charge in [-0.1, -0.05) is 17.8 Å². The Morgan fingerprint density at radius 3 is 2.73 bits per heavy atom. The van der Waals surface area contributed by atoms with Gasteiger partial charge in [0.15, 0.2) is 11.0 Å². The number of ether oxygens (including phenoxy) is 1. The standard InChI is InChI=1S/C18H20N4O2S2/c1-3-22-17(13-6-8-14(24-2)9-7-13)20-21-18(22)26-12-16(23)19-11-15-5-4-10-25-15/h4-10H,3,11-12H2,1-2H3,(H,19,23). The summed E-state index contributed by atoms with van der Waals surface area (Å²) in [5.41, 5.74) is 0.967. The molecule has 2 aromatic heterocycles. The maximum atomic E-state index is 12.1. The van der Waals surface area contributed by atoms with Crippen LogP contribution in [0.1, 0.15) is 11.8 Å². The summed E-state index contributed by atoms with van der Waals surface area (Å²) in [6.07, 6.45) is 0. The molecule has 3 aromatic rings. The van der Waals surface area contributed by atoms with Crippen molar-refractivity contribution < 1.29 is 9.53 Å². The number of hydrogen-bond donors (Lipinski definition) is 1. The Kier molecular flexibility index (Phi) is 6.30. The van der Waals surface area contributed by atoms with E-state index in [4.69, 9.17) is 4.74 Å². The van der Waals surface area contributed by atoms with E-state index in [-0.39, 0.29) is 5.91 Å². The molecule has 136 valence electrons. The fourth-order valence-electron chi connectivity index (χ4n) is 2.41. The van der Waals surface area contributed by atoms with Crippen molar-refractivity contribution in [3.05, 3.63) is 46.7 Å². The molecule has 1 amide bonds. The highest BCUT2D eigenvalue weighted by molar-refractivity contribution is 7.99. The van der Waals surface area contributed by atoms with E-state index >= 15 is 0 Å². The van der Waals surface area contributed by atoms with Gasteiger partial charge in [0, 0.05) is 17.0 Å². The number of carbonyl (C=O) groups excluding carboxylic acids is 1. The van der Waals surface area contributed by atoms with Gasteiger partial charge in [0.1, 0.15) is 5.75 Å². The van der Waals surface area contributed by atoms with Crippen molar-refractivity contribution in [2.45, 2.75) is 25.2 Å². The first-order chi connectivity index (χ1) is 12.7. The first-order valence-electron chi connectivity index (χ1n) is 8.20. The van der Waals surface area contributed by atoms with Crippen molar-refractivity contribution in [3.8, 4) is 17.1 Å². The van der Waals surface area contributed by atoms with Crippen LogP contribution < -0.4 is 10.1 Å². The van der Waals surface area contributed by atoms with Gasteiger partial charge in [-0.15, -0.1) is 21.5 Å². The fourth-order valence-corrected chi connectivity index (χ4v) is 3.89. The number of nitrogens with zero attached hydrogens (tertiary/aromatic N) is 3. The molecule has 8 heteroatoms. The van der Waals surface area contributed by atoms with Crippen molar-refractivity contribution in [1.82, 2.24) is 20.1 Å². The Labute approximate surface area is 160 Å². The predicted octanol–water partition coefficient (Wildman–Crippen LogP) is 3.44. The highest BCUT2D eigenvalue weighted by atomic mass is 32.2. The third-order valence-electron chi connectivity index (χ3n) is 3.75. The highest BCUT2D eigenvalue weighted by Crippen LogP contribution is 2.25. The molecule has 0 atom stereocenters. The summed E-state index contributed by atoms with van der Waals surface area (Å²) in [5, 5.41) is 14.2. The summed E-state index contributed by atoms with van der Waals surface area (Å²) < 4.78 is 7.20. The largest absolute Gasteiger partial charge is 0.497 e. The van der Waals surface area contributed by atoms with E-state index in [0.29, 0.717) is 12.3 Å². The van der Waals surface area contributed by atoms with Crippen molar-refractivity contribution in [3.63, 3.8) is 0 Å². The van der Waals surface area contributed by atoms with Crippen LogP contribution in [0.2, 0.25) is 0 Å². The maximum absolute atomic E-state index is 12.1. The second-order valence-electron chi connectivity index (χ2n) is 5.42. The molecule has 0 unspecified atom stereocenters. The second kappa shape index (κ2) is 8.86. The molecule has 2 heterocycles. The van der Waals surface area contributed by atoms with E-state index in [1.807, 2.05) is 53.3 Å². The average Bonchev–Trinajstić information content (AvgIpc) is 3.34. The van der Waals surface area contributed by atoms with Crippen LogP contribution in [0.15, 0.2) is 46.9 Å². The Morgan fingerprint density at radius 2 is 2.08 bits per heavy atom. The Hall–Kier alpha value is -2.32. The Balaban J connectivity index is 1.63. The molecule has 0 aliphatic carbocycles. The molecule has 0 spiro atoms. The van der Waals surface area contributed by atoms with Gasteiger partial charge in [-0.05, 0) is 42.6 Å². The molecule has 6 nitrogen and oxygen atoms in total. The number of rotatable bonds is 8. The number of thiophene rings is 1. The lowest BCUT2D eigenvalue weighted by Crippen LogP contribution is -2.24. The lowest BCUT2D eigenvalue weighted by Gasteiger charge is -2.08. The minimum absolute atomic E-state index is 0.0138. The molecule has 26 heavy (non-hydrogen) atoms. The molecule has 0 fully saturated rings. The van der Waals surface area contributed by atoms with E-state index in [9.17, 15) is 4.79 Å². The molecule has 0 saturated heterocycles. The van der Waals surface area contributed by atoms with Crippen molar-refractivity contribution in [1.29, 1.82) is 0 Å². The van der Waals surface area contributed by atoms with Gasteiger partial charge < -0.3 is 14.6 Å². The first-order valence-corrected chi connectivity index (χ1v) is 10.1. The smallest absolute Gasteiger partial charge is 0.230 e. The second-order valence-corrected chi connectivity index (χ2v) is 7.40. The SMILES string of the molecule is CCn1c(SCC(=O)NCc2cccs2)nnc1-c1ccc(OC)cc1. The van der Waals surface area contributed by atoms with Crippen LogP contribution in [0.5, 0.6) is 5.75 Å². The quantitative estimate of drug-likeness (QED) is 0.599. The summed E-state index contributed by atoms with van der Waals surface area (Å²) in [6.45, 7) is 3.33. The molecule has 3 rings (SSSR count). The van der Waals surface area contributed by atoms with Crippen molar-refractivity contribution in [2.24, 2.45) is 0 Å². The van der Waals surface area contributed by atoms with Crippen LogP contribution in [0.4, 0.5) is 0 Å². The number of benzene rings is 1. The monoisotopic (exact) mass is 388 g/mol. The molecular weight excluding hydrogens is 368 g/mol. The number of aromatic nitrogens is 3. The number of methoxy groups -OCH3 is 1. The number of carbonyl (C=O) groups is 1. The minimum Gasteiger partial charge on any atom is -0.497 e. The van der Waals surface area contributed by atoms with E-state index < -0.39 is 0 Å². The third kappa shape index (κ3) is 4.44. The van der Waals surface area contributed by atoms with Gasteiger partial charge in [-0.2, -0.15) is 0 Å². The summed E-state index contributed by atoms with van der Waals surface area (Å²) in [4.78, 5) is 13.2. The van der Waals surface area contributed by atoms with Crippen molar-refractivity contribution >= 4 is 29.0 Å². The molecule has 0 aliphatic heterocycles. The van der Waals surface area contributed by atoms with Crippen LogP contribution >= 0.6 is 23.1 Å². The van der Waals surface area contributed by atoms with Crippen LogP contribution in [0, 0.1) is 0 Å². The molecule has 0 saturated carbocycles. The van der Waals surface area contributed by atoms with Crippen LogP contribution in [0.25, 0.3) is 11.4 Å². The van der Waals surface area contributed by atoms with Gasteiger partial charge in [0.05, 0.1) is 19.4 Å². The Bertz CT molecular complexity index is 845. The number of hydrogen-bond acceptors (Lipinski definition) is 6. The molecule has 0 bridgehead atoms. The van der Waals surface area contributed by atoms with E-state index in [1.165, 1.54) is 11.8 Å². The minimum atomic E-state index is -0.0138. The normalized spacial score (nSPS) is 10.7. The first kappa shape index (κ1) is 18.5. The zero-order valence-electron chi connectivity index (χ0n) is 14.6. The van der Waals surface area contributed by atoms with Crippen LogP contribution in [0.3, 0.4) is 0 Å². The van der Waals surface area contributed by atoms with Gasteiger partial charge >= 0.3 is 0 Å². The number of amides is 1. The summed E-state index contributed by atoms with van der Waals surface area (Å²) in [7, 11) is 1.64.